The Morgan fingerprint density at radius 3 is 2.62 bits per heavy atom. The number of aryl methyl sites for hydroxylation is 1. The van der Waals surface area contributed by atoms with Crippen molar-refractivity contribution in [2.45, 2.75) is 6.92 Å². The molecule has 3 rings (SSSR count). The number of nitrogens with one attached hydrogen (secondary N) is 2. The van der Waals surface area contributed by atoms with Crippen molar-refractivity contribution in [3.63, 3.8) is 0 Å². The van der Waals surface area contributed by atoms with Crippen molar-refractivity contribution in [2.75, 3.05) is 6.61 Å². The van der Waals surface area contributed by atoms with E-state index in [9.17, 15) is 9.59 Å². The first-order valence-electron chi connectivity index (χ1n) is 7.99. The van der Waals surface area contributed by atoms with Crippen LogP contribution in [0.15, 0.2) is 67.3 Å². The minimum absolute atomic E-state index is 0.191. The van der Waals surface area contributed by atoms with E-state index in [0.717, 1.165) is 11.3 Å². The van der Waals surface area contributed by atoms with Gasteiger partial charge in [-0.1, -0.05) is 12.1 Å². The summed E-state index contributed by atoms with van der Waals surface area (Å²) in [6.07, 6.45) is 5.15. The van der Waals surface area contributed by atoms with Crippen molar-refractivity contribution in [2.24, 2.45) is 0 Å². The summed E-state index contributed by atoms with van der Waals surface area (Å²) < 4.78 is 7.20. The number of carbonyl (C=O) groups excluding carboxylic acids is 2. The molecule has 0 aliphatic rings. The Hall–Kier alpha value is -3.61. The molecule has 0 fully saturated rings. The molecule has 0 atom stereocenters. The lowest BCUT2D eigenvalue weighted by Gasteiger charge is -2.09. The van der Waals surface area contributed by atoms with Crippen LogP contribution in [-0.2, 0) is 4.79 Å². The van der Waals surface area contributed by atoms with Gasteiger partial charge >= 0.3 is 0 Å². The van der Waals surface area contributed by atoms with Gasteiger partial charge < -0.3 is 9.30 Å². The fourth-order valence-corrected chi connectivity index (χ4v) is 2.29. The summed E-state index contributed by atoms with van der Waals surface area (Å²) in [6, 6.07) is 14.3. The standard InChI is InChI=1S/C19H18N4O3/c1-14-3-2-4-17(11-14)26-12-18(24)21-22-19(25)15-5-7-16(8-6-15)23-10-9-20-13-23/h2-11,13H,12H2,1H3,(H,21,24)(H,22,25). The van der Waals surface area contributed by atoms with Crippen LogP contribution < -0.4 is 15.6 Å². The maximum absolute atomic E-state index is 12.1. The molecule has 0 saturated heterocycles. The van der Waals surface area contributed by atoms with Crippen molar-refractivity contribution in [3.05, 3.63) is 78.4 Å². The van der Waals surface area contributed by atoms with Crippen LogP contribution in [-0.4, -0.2) is 28.0 Å². The van der Waals surface area contributed by atoms with Gasteiger partial charge in [0.1, 0.15) is 5.75 Å². The largest absolute Gasteiger partial charge is 0.484 e. The molecule has 26 heavy (non-hydrogen) atoms. The summed E-state index contributed by atoms with van der Waals surface area (Å²) in [5.74, 6) is -0.262. The minimum Gasteiger partial charge on any atom is -0.484 e. The molecule has 3 aromatic rings. The Morgan fingerprint density at radius 2 is 1.92 bits per heavy atom. The van der Waals surface area contributed by atoms with E-state index in [1.807, 2.05) is 35.9 Å². The highest BCUT2D eigenvalue weighted by molar-refractivity contribution is 5.95. The predicted octanol–water partition coefficient (Wildman–Crippen LogP) is 2.02. The molecule has 0 unspecified atom stereocenters. The van der Waals surface area contributed by atoms with Gasteiger partial charge in [0.05, 0.1) is 6.33 Å². The molecule has 1 aromatic heterocycles. The van der Waals surface area contributed by atoms with Crippen LogP contribution in [0.25, 0.3) is 5.69 Å². The van der Waals surface area contributed by atoms with E-state index in [-0.39, 0.29) is 6.61 Å². The lowest BCUT2D eigenvalue weighted by molar-refractivity contribution is -0.123. The Bertz CT molecular complexity index is 889. The zero-order valence-electron chi connectivity index (χ0n) is 14.2. The molecular formula is C19H18N4O3. The first-order chi connectivity index (χ1) is 12.6. The van der Waals surface area contributed by atoms with E-state index in [0.29, 0.717) is 11.3 Å². The summed E-state index contributed by atoms with van der Waals surface area (Å²) in [7, 11) is 0. The topological polar surface area (TPSA) is 85.3 Å². The summed E-state index contributed by atoms with van der Waals surface area (Å²) in [4.78, 5) is 27.8. The number of nitrogens with zero attached hydrogens (tertiary/aromatic N) is 2. The number of hydrogen-bond acceptors (Lipinski definition) is 4. The van der Waals surface area contributed by atoms with E-state index < -0.39 is 11.8 Å². The van der Waals surface area contributed by atoms with Gasteiger partial charge in [-0.2, -0.15) is 0 Å². The molecule has 132 valence electrons. The Balaban J connectivity index is 1.48. The molecule has 1 heterocycles. The number of benzene rings is 2. The smallest absolute Gasteiger partial charge is 0.276 e. The molecular weight excluding hydrogens is 332 g/mol. The van der Waals surface area contributed by atoms with Crippen LogP contribution in [0, 0.1) is 6.92 Å². The number of amides is 2. The van der Waals surface area contributed by atoms with E-state index in [2.05, 4.69) is 15.8 Å². The molecule has 0 aliphatic heterocycles. The number of carbonyl (C=O) groups is 2. The molecule has 0 spiro atoms. The van der Waals surface area contributed by atoms with Crippen molar-refractivity contribution in [1.29, 1.82) is 0 Å². The monoisotopic (exact) mass is 350 g/mol. The second-order valence-electron chi connectivity index (χ2n) is 5.62. The predicted molar refractivity (Wildman–Crippen MR) is 95.8 cm³/mol. The second kappa shape index (κ2) is 7.98. The van der Waals surface area contributed by atoms with E-state index >= 15 is 0 Å². The Labute approximate surface area is 150 Å². The van der Waals surface area contributed by atoms with Crippen LogP contribution >= 0.6 is 0 Å². The van der Waals surface area contributed by atoms with Gasteiger partial charge in [0.2, 0.25) is 0 Å². The van der Waals surface area contributed by atoms with Crippen LogP contribution in [0.1, 0.15) is 15.9 Å². The number of aromatic nitrogens is 2. The third-order valence-corrected chi connectivity index (χ3v) is 3.61. The average Bonchev–Trinajstić information content (AvgIpc) is 3.19. The van der Waals surface area contributed by atoms with Crippen molar-refractivity contribution < 1.29 is 14.3 Å². The van der Waals surface area contributed by atoms with Gasteiger partial charge in [-0.3, -0.25) is 20.4 Å². The summed E-state index contributed by atoms with van der Waals surface area (Å²) in [5.41, 5.74) is 7.04. The second-order valence-corrected chi connectivity index (χ2v) is 5.62. The van der Waals surface area contributed by atoms with E-state index in [1.165, 1.54) is 0 Å². The number of imidazole rings is 1. The third-order valence-electron chi connectivity index (χ3n) is 3.61. The molecule has 2 N–H and O–H groups in total. The maximum atomic E-state index is 12.1. The molecule has 0 saturated carbocycles. The zero-order chi connectivity index (χ0) is 18.4. The first kappa shape index (κ1) is 17.2. The van der Waals surface area contributed by atoms with E-state index in [1.54, 1.807) is 42.9 Å². The third kappa shape index (κ3) is 4.47. The Morgan fingerprint density at radius 1 is 1.12 bits per heavy atom. The van der Waals surface area contributed by atoms with Crippen molar-refractivity contribution in [1.82, 2.24) is 20.4 Å². The van der Waals surface area contributed by atoms with Gasteiger partial charge in [0.15, 0.2) is 6.61 Å². The molecule has 2 amide bonds. The fourth-order valence-electron chi connectivity index (χ4n) is 2.29. The Kier molecular flexibility index (Phi) is 5.28. The van der Waals surface area contributed by atoms with Gasteiger partial charge in [-0.15, -0.1) is 0 Å². The highest BCUT2D eigenvalue weighted by Crippen LogP contribution is 2.12. The number of hydrogen-bond donors (Lipinski definition) is 2. The minimum atomic E-state index is -0.449. The van der Waals surface area contributed by atoms with Crippen LogP contribution in [0.3, 0.4) is 0 Å². The van der Waals surface area contributed by atoms with E-state index in [4.69, 9.17) is 4.74 Å². The lowest BCUT2D eigenvalue weighted by atomic mass is 10.2. The SMILES string of the molecule is Cc1cccc(OCC(=O)NNC(=O)c2ccc(-n3ccnc3)cc2)c1. The highest BCUT2D eigenvalue weighted by Gasteiger charge is 2.08. The molecule has 0 radical (unpaired) electrons. The van der Waals surface area contributed by atoms with Crippen molar-refractivity contribution in [3.8, 4) is 11.4 Å². The van der Waals surface area contributed by atoms with Crippen LogP contribution in [0.4, 0.5) is 0 Å². The van der Waals surface area contributed by atoms with Crippen LogP contribution in [0.2, 0.25) is 0 Å². The summed E-state index contributed by atoms with van der Waals surface area (Å²) >= 11 is 0. The lowest BCUT2D eigenvalue weighted by Crippen LogP contribution is -2.43. The number of rotatable bonds is 5. The average molecular weight is 350 g/mol. The van der Waals surface area contributed by atoms with Crippen LogP contribution in [0.5, 0.6) is 5.75 Å². The summed E-state index contributed by atoms with van der Waals surface area (Å²) in [5, 5.41) is 0. The van der Waals surface area contributed by atoms with Gasteiger partial charge in [0.25, 0.3) is 11.8 Å². The van der Waals surface area contributed by atoms with Gasteiger partial charge in [-0.05, 0) is 48.9 Å². The zero-order valence-corrected chi connectivity index (χ0v) is 14.2. The highest BCUT2D eigenvalue weighted by atomic mass is 16.5. The molecule has 0 aliphatic carbocycles. The number of hydrazine groups is 1. The molecule has 2 aromatic carbocycles. The summed E-state index contributed by atoms with van der Waals surface area (Å²) in [6.45, 7) is 1.74. The quantitative estimate of drug-likeness (QED) is 0.690. The van der Waals surface area contributed by atoms with Gasteiger partial charge in [0, 0.05) is 23.6 Å². The molecule has 7 heteroatoms. The number of ether oxygens (including phenoxy) is 1. The van der Waals surface area contributed by atoms with Crippen molar-refractivity contribution >= 4 is 11.8 Å². The molecule has 0 bridgehead atoms. The molecule has 7 nitrogen and oxygen atoms in total. The fraction of sp³-hybridized carbons (Fsp3) is 0.105. The maximum Gasteiger partial charge on any atom is 0.276 e. The normalized spacial score (nSPS) is 10.2. The van der Waals surface area contributed by atoms with Gasteiger partial charge in [-0.25, -0.2) is 4.98 Å². The first-order valence-corrected chi connectivity index (χ1v) is 7.99.